The summed E-state index contributed by atoms with van der Waals surface area (Å²) >= 11 is 1.51. The van der Waals surface area contributed by atoms with Gasteiger partial charge < -0.3 is 15.8 Å². The van der Waals surface area contributed by atoms with Crippen LogP contribution in [0, 0.1) is 5.92 Å². The largest absolute Gasteiger partial charge is 0.466 e. The minimum atomic E-state index is -0.255. The fourth-order valence-corrected chi connectivity index (χ4v) is 4.23. The van der Waals surface area contributed by atoms with Crippen molar-refractivity contribution in [2.24, 2.45) is 5.92 Å². The number of nitrogens with one attached hydrogen (secondary N) is 1. The second-order valence-corrected chi connectivity index (χ2v) is 7.37. The second-order valence-electron chi connectivity index (χ2n) is 6.27. The van der Waals surface area contributed by atoms with E-state index in [1.54, 1.807) is 18.5 Å². The maximum absolute atomic E-state index is 12.2. The topological polar surface area (TPSA) is 94.3 Å². The Hall–Kier alpha value is -2.67. The number of fused-ring (bicyclic) bond motifs is 1. The number of aromatic nitrogens is 1. The average Bonchev–Trinajstić information content (AvgIpc) is 2.94. The molecule has 2 aromatic rings. The minimum Gasteiger partial charge on any atom is -0.466 e. The number of anilines is 2. The fourth-order valence-electron chi connectivity index (χ4n) is 2.95. The van der Waals surface area contributed by atoms with Gasteiger partial charge in [0.1, 0.15) is 5.00 Å². The number of nitrogens with two attached hydrogens (primary N) is 1. The standard InChI is InChI=1S/C19H21N3O3S/c1-12(23)25-11-14-4-6-15-16(9-14)26-19(18(15)20)22-17(24)7-5-13-3-2-8-21-10-13/h2-3,5,7-8,10,14H,4,6,9,11,20H2,1H3,(H,22,24)/b7-5+. The zero-order valence-corrected chi connectivity index (χ0v) is 15.3. The molecule has 2 aromatic heterocycles. The van der Waals surface area contributed by atoms with Gasteiger partial charge in [-0.05, 0) is 48.4 Å². The lowest BCUT2D eigenvalue weighted by Gasteiger charge is -2.21. The van der Waals surface area contributed by atoms with Crippen LogP contribution >= 0.6 is 11.3 Å². The van der Waals surface area contributed by atoms with E-state index >= 15 is 0 Å². The summed E-state index contributed by atoms with van der Waals surface area (Å²) in [5.74, 6) is -0.177. The lowest BCUT2D eigenvalue weighted by molar-refractivity contribution is -0.142. The van der Waals surface area contributed by atoms with E-state index in [2.05, 4.69) is 10.3 Å². The Bertz CT molecular complexity index is 830. The van der Waals surface area contributed by atoms with Gasteiger partial charge in [-0.25, -0.2) is 0 Å². The van der Waals surface area contributed by atoms with Gasteiger partial charge in [-0.15, -0.1) is 11.3 Å². The molecule has 3 N–H and O–H groups in total. The van der Waals surface area contributed by atoms with Crippen molar-refractivity contribution in [3.05, 3.63) is 46.6 Å². The van der Waals surface area contributed by atoms with Crippen molar-refractivity contribution in [3.63, 3.8) is 0 Å². The van der Waals surface area contributed by atoms with Crippen LogP contribution in [0.15, 0.2) is 30.6 Å². The molecule has 7 heteroatoms. The van der Waals surface area contributed by atoms with Crippen LogP contribution in [0.2, 0.25) is 0 Å². The average molecular weight is 371 g/mol. The van der Waals surface area contributed by atoms with Crippen molar-refractivity contribution in [3.8, 4) is 0 Å². The number of hydrogen-bond donors (Lipinski definition) is 2. The maximum Gasteiger partial charge on any atom is 0.302 e. The highest BCUT2D eigenvalue weighted by molar-refractivity contribution is 7.17. The zero-order valence-electron chi connectivity index (χ0n) is 14.5. The van der Waals surface area contributed by atoms with Crippen LogP contribution in [-0.4, -0.2) is 23.5 Å². The third-order valence-corrected chi connectivity index (χ3v) is 5.46. The zero-order chi connectivity index (χ0) is 18.5. The summed E-state index contributed by atoms with van der Waals surface area (Å²) in [6.07, 6.45) is 9.13. The molecule has 1 aliphatic rings. The summed E-state index contributed by atoms with van der Waals surface area (Å²) in [6, 6.07) is 3.69. The van der Waals surface area contributed by atoms with Gasteiger partial charge in [0.05, 0.1) is 12.3 Å². The molecule has 0 saturated heterocycles. The van der Waals surface area contributed by atoms with Crippen molar-refractivity contribution >= 4 is 40.0 Å². The minimum absolute atomic E-state index is 0.226. The molecule has 2 heterocycles. The molecule has 1 aliphatic carbocycles. The molecule has 0 spiro atoms. The summed E-state index contributed by atoms with van der Waals surface area (Å²) < 4.78 is 5.12. The molecule has 6 nitrogen and oxygen atoms in total. The number of carbonyl (C=O) groups is 2. The summed E-state index contributed by atoms with van der Waals surface area (Å²) in [5.41, 5.74) is 8.84. The van der Waals surface area contributed by atoms with Crippen molar-refractivity contribution in [1.29, 1.82) is 0 Å². The molecule has 1 amide bonds. The molecule has 1 unspecified atom stereocenters. The van der Waals surface area contributed by atoms with E-state index in [-0.39, 0.29) is 11.9 Å². The SMILES string of the molecule is CC(=O)OCC1CCc2c(sc(NC(=O)/C=C/c3cccnc3)c2N)C1. The van der Waals surface area contributed by atoms with Gasteiger partial charge in [0.15, 0.2) is 0 Å². The molecule has 0 aliphatic heterocycles. The molecular formula is C19H21N3O3S. The van der Waals surface area contributed by atoms with Crippen molar-refractivity contribution in [2.45, 2.75) is 26.2 Å². The van der Waals surface area contributed by atoms with E-state index in [1.807, 2.05) is 12.1 Å². The molecule has 136 valence electrons. The molecule has 3 rings (SSSR count). The second kappa shape index (κ2) is 8.14. The highest BCUT2D eigenvalue weighted by atomic mass is 32.1. The van der Waals surface area contributed by atoms with Gasteiger partial charge in [-0.2, -0.15) is 0 Å². The Labute approximate surface area is 156 Å². The smallest absolute Gasteiger partial charge is 0.302 e. The van der Waals surface area contributed by atoms with Gasteiger partial charge in [-0.1, -0.05) is 6.07 Å². The first kappa shape index (κ1) is 18.1. The summed E-state index contributed by atoms with van der Waals surface area (Å²) in [7, 11) is 0. The highest BCUT2D eigenvalue weighted by Gasteiger charge is 2.25. The van der Waals surface area contributed by atoms with Crippen LogP contribution < -0.4 is 11.1 Å². The molecule has 26 heavy (non-hydrogen) atoms. The lowest BCUT2D eigenvalue weighted by atomic mass is 9.89. The molecule has 0 bridgehead atoms. The van der Waals surface area contributed by atoms with Crippen molar-refractivity contribution < 1.29 is 14.3 Å². The lowest BCUT2D eigenvalue weighted by Crippen LogP contribution is -2.19. The van der Waals surface area contributed by atoms with E-state index in [4.69, 9.17) is 10.5 Å². The predicted molar refractivity (Wildman–Crippen MR) is 103 cm³/mol. The van der Waals surface area contributed by atoms with Crippen LogP contribution in [0.5, 0.6) is 0 Å². The molecule has 0 fully saturated rings. The number of nitrogens with zero attached hydrogens (tertiary/aromatic N) is 1. The number of pyridine rings is 1. The number of thiophene rings is 1. The first-order valence-corrected chi connectivity index (χ1v) is 9.27. The fraction of sp³-hybridized carbons (Fsp3) is 0.316. The van der Waals surface area contributed by atoms with Crippen LogP contribution in [0.4, 0.5) is 10.7 Å². The van der Waals surface area contributed by atoms with Crippen molar-refractivity contribution in [2.75, 3.05) is 17.7 Å². The van der Waals surface area contributed by atoms with Crippen LogP contribution in [-0.2, 0) is 27.2 Å². The summed E-state index contributed by atoms with van der Waals surface area (Å²) in [6.45, 7) is 1.85. The summed E-state index contributed by atoms with van der Waals surface area (Å²) in [5, 5.41) is 3.55. The van der Waals surface area contributed by atoms with Gasteiger partial charge in [-0.3, -0.25) is 14.6 Å². The Morgan fingerprint density at radius 2 is 2.35 bits per heavy atom. The van der Waals surface area contributed by atoms with E-state index in [0.717, 1.165) is 35.3 Å². The highest BCUT2D eigenvalue weighted by Crippen LogP contribution is 2.41. The molecule has 0 radical (unpaired) electrons. The van der Waals surface area contributed by atoms with E-state index < -0.39 is 0 Å². The molecular weight excluding hydrogens is 350 g/mol. The normalized spacial score (nSPS) is 16.3. The number of hydrogen-bond acceptors (Lipinski definition) is 6. The number of ether oxygens (including phenoxy) is 1. The first-order valence-electron chi connectivity index (χ1n) is 8.45. The molecule has 1 atom stereocenters. The molecule has 0 aromatic carbocycles. The van der Waals surface area contributed by atoms with Gasteiger partial charge in [0, 0.05) is 30.3 Å². The number of rotatable bonds is 5. The van der Waals surface area contributed by atoms with E-state index in [9.17, 15) is 9.59 Å². The third kappa shape index (κ3) is 4.49. The number of carbonyl (C=O) groups excluding carboxylic acids is 2. The maximum atomic E-state index is 12.2. The number of amides is 1. The quantitative estimate of drug-likeness (QED) is 0.622. The third-order valence-electron chi connectivity index (χ3n) is 4.28. The monoisotopic (exact) mass is 371 g/mol. The first-order chi connectivity index (χ1) is 12.5. The number of esters is 1. The Morgan fingerprint density at radius 1 is 1.50 bits per heavy atom. The van der Waals surface area contributed by atoms with Crippen LogP contribution in [0.1, 0.15) is 29.3 Å². The summed E-state index contributed by atoms with van der Waals surface area (Å²) in [4.78, 5) is 28.3. The van der Waals surface area contributed by atoms with Gasteiger partial charge in [0.25, 0.3) is 0 Å². The van der Waals surface area contributed by atoms with Gasteiger partial charge in [0.2, 0.25) is 5.91 Å². The van der Waals surface area contributed by atoms with Crippen LogP contribution in [0.3, 0.4) is 0 Å². The molecule has 0 saturated carbocycles. The Morgan fingerprint density at radius 3 is 3.08 bits per heavy atom. The van der Waals surface area contributed by atoms with E-state index in [1.165, 1.54) is 24.3 Å². The Kier molecular flexibility index (Phi) is 5.68. The van der Waals surface area contributed by atoms with Crippen molar-refractivity contribution in [1.82, 2.24) is 4.98 Å². The Balaban J connectivity index is 1.64. The number of nitrogen functional groups attached to an aromatic ring is 1. The van der Waals surface area contributed by atoms with E-state index in [0.29, 0.717) is 23.2 Å². The van der Waals surface area contributed by atoms with Gasteiger partial charge >= 0.3 is 5.97 Å². The predicted octanol–water partition coefficient (Wildman–Crippen LogP) is 3.05. The van der Waals surface area contributed by atoms with Crippen LogP contribution in [0.25, 0.3) is 6.08 Å².